The highest BCUT2D eigenvalue weighted by molar-refractivity contribution is 6.31. The smallest absolute Gasteiger partial charge is 0.250 e. The number of halogens is 1. The Kier molecular flexibility index (Phi) is 4.55. The van der Waals surface area contributed by atoms with Gasteiger partial charge in [-0.25, -0.2) is 0 Å². The van der Waals surface area contributed by atoms with Gasteiger partial charge in [-0.05, 0) is 36.4 Å². The molecule has 0 heterocycles. The minimum Gasteiger partial charge on any atom is -0.496 e. The molecule has 0 saturated carbocycles. The number of nitrogen functional groups attached to an aromatic ring is 1. The molecule has 1 amide bonds. The van der Waals surface area contributed by atoms with E-state index in [9.17, 15) is 4.79 Å². The maximum atomic E-state index is 11.4. The molecule has 6 heteroatoms. The highest BCUT2D eigenvalue weighted by Crippen LogP contribution is 2.24. The molecule has 0 spiro atoms. The third-order valence-electron chi connectivity index (χ3n) is 3.02. The van der Waals surface area contributed by atoms with Crippen molar-refractivity contribution in [3.63, 3.8) is 0 Å². The molecule has 2 aromatic carbocycles. The molecule has 0 bridgehead atoms. The summed E-state index contributed by atoms with van der Waals surface area (Å²) in [7, 11) is 1.59. The van der Waals surface area contributed by atoms with Crippen molar-refractivity contribution < 1.29 is 9.53 Å². The number of ether oxygens (including phenoxy) is 1. The number of hydrogen-bond donors (Lipinski definition) is 3. The molecule has 110 valence electrons. The normalized spacial score (nSPS) is 10.2. The molecule has 0 radical (unpaired) electrons. The molecule has 0 atom stereocenters. The summed E-state index contributed by atoms with van der Waals surface area (Å²) in [5.74, 6) is 0.172. The Hall–Kier alpha value is -2.40. The molecule has 0 aromatic heterocycles. The molecule has 5 N–H and O–H groups in total. The van der Waals surface area contributed by atoms with Crippen LogP contribution >= 0.6 is 11.6 Å². The van der Waals surface area contributed by atoms with Crippen LogP contribution in [0.5, 0.6) is 5.75 Å². The van der Waals surface area contributed by atoms with Gasteiger partial charge in [-0.2, -0.15) is 0 Å². The number of anilines is 2. The Balaban J connectivity index is 2.24. The Labute approximate surface area is 127 Å². The molecule has 0 fully saturated rings. The number of carbonyl (C=O) groups excluding carboxylic acids is 1. The van der Waals surface area contributed by atoms with Gasteiger partial charge in [-0.3, -0.25) is 4.79 Å². The quantitative estimate of drug-likeness (QED) is 0.741. The van der Waals surface area contributed by atoms with Gasteiger partial charge in [-0.1, -0.05) is 11.6 Å². The number of benzene rings is 2. The van der Waals surface area contributed by atoms with Crippen molar-refractivity contribution in [3.8, 4) is 5.75 Å². The molecule has 0 unspecified atom stereocenters. The van der Waals surface area contributed by atoms with Gasteiger partial charge >= 0.3 is 0 Å². The second kappa shape index (κ2) is 6.37. The number of carbonyl (C=O) groups is 1. The van der Waals surface area contributed by atoms with E-state index < -0.39 is 5.91 Å². The van der Waals surface area contributed by atoms with Crippen LogP contribution in [0.2, 0.25) is 5.02 Å². The lowest BCUT2D eigenvalue weighted by atomic mass is 10.1. The van der Waals surface area contributed by atoms with E-state index in [1.54, 1.807) is 31.4 Å². The SMILES string of the molecule is COc1ccc(N)cc1CNc1ccc(Cl)cc1C(N)=O. The number of nitrogens with one attached hydrogen (secondary N) is 1. The molecular formula is C15H16ClN3O2. The van der Waals surface area contributed by atoms with Gasteiger partial charge < -0.3 is 21.5 Å². The summed E-state index contributed by atoms with van der Waals surface area (Å²) >= 11 is 5.87. The zero-order chi connectivity index (χ0) is 15.4. The van der Waals surface area contributed by atoms with Crippen LogP contribution < -0.4 is 21.5 Å². The van der Waals surface area contributed by atoms with Gasteiger partial charge in [-0.15, -0.1) is 0 Å². The van der Waals surface area contributed by atoms with Crippen molar-refractivity contribution in [1.29, 1.82) is 0 Å². The fraction of sp³-hybridized carbons (Fsp3) is 0.133. The Morgan fingerprint density at radius 2 is 2.05 bits per heavy atom. The minimum absolute atomic E-state index is 0.338. The molecule has 5 nitrogen and oxygen atoms in total. The fourth-order valence-corrected chi connectivity index (χ4v) is 2.17. The van der Waals surface area contributed by atoms with Gasteiger partial charge in [0.15, 0.2) is 0 Å². The average Bonchev–Trinajstić information content (AvgIpc) is 2.46. The number of hydrogen-bond acceptors (Lipinski definition) is 4. The lowest BCUT2D eigenvalue weighted by molar-refractivity contribution is 0.100. The van der Waals surface area contributed by atoms with Crippen molar-refractivity contribution >= 4 is 28.9 Å². The van der Waals surface area contributed by atoms with E-state index in [4.69, 9.17) is 27.8 Å². The third-order valence-corrected chi connectivity index (χ3v) is 3.26. The van der Waals surface area contributed by atoms with Gasteiger partial charge in [0.05, 0.1) is 12.7 Å². The maximum absolute atomic E-state index is 11.4. The van der Waals surface area contributed by atoms with E-state index in [0.717, 1.165) is 5.56 Å². The standard InChI is InChI=1S/C15H16ClN3O2/c1-21-14-5-3-11(17)6-9(14)8-19-13-4-2-10(16)7-12(13)15(18)20/h2-7,19H,8,17H2,1H3,(H2,18,20). The monoisotopic (exact) mass is 305 g/mol. The highest BCUT2D eigenvalue weighted by Gasteiger charge is 2.10. The van der Waals surface area contributed by atoms with E-state index in [1.807, 2.05) is 6.07 Å². The number of rotatable bonds is 5. The molecule has 0 aliphatic carbocycles. The second-order valence-corrected chi connectivity index (χ2v) is 4.92. The summed E-state index contributed by atoms with van der Waals surface area (Å²) < 4.78 is 5.28. The topological polar surface area (TPSA) is 90.4 Å². The van der Waals surface area contributed by atoms with Crippen LogP contribution in [-0.4, -0.2) is 13.0 Å². The van der Waals surface area contributed by atoms with Gasteiger partial charge in [0.1, 0.15) is 5.75 Å². The largest absolute Gasteiger partial charge is 0.496 e. The van der Waals surface area contributed by atoms with Crippen molar-refractivity contribution in [3.05, 3.63) is 52.5 Å². The van der Waals surface area contributed by atoms with Crippen molar-refractivity contribution in [1.82, 2.24) is 0 Å². The molecule has 2 aromatic rings. The summed E-state index contributed by atoms with van der Waals surface area (Å²) in [5, 5.41) is 3.60. The first-order valence-electron chi connectivity index (χ1n) is 6.27. The highest BCUT2D eigenvalue weighted by atomic mass is 35.5. The van der Waals surface area contributed by atoms with E-state index >= 15 is 0 Å². The summed E-state index contributed by atoms with van der Waals surface area (Å²) in [6.45, 7) is 0.441. The third kappa shape index (κ3) is 3.58. The number of methoxy groups -OCH3 is 1. The maximum Gasteiger partial charge on any atom is 0.250 e. The number of nitrogens with two attached hydrogens (primary N) is 2. The average molecular weight is 306 g/mol. The first kappa shape index (κ1) is 15.0. The van der Waals surface area contributed by atoms with Crippen LogP contribution in [0.1, 0.15) is 15.9 Å². The van der Waals surface area contributed by atoms with Gasteiger partial charge in [0, 0.05) is 28.5 Å². The van der Waals surface area contributed by atoms with Gasteiger partial charge in [0.25, 0.3) is 5.91 Å². The second-order valence-electron chi connectivity index (χ2n) is 4.48. The lowest BCUT2D eigenvalue weighted by Crippen LogP contribution is -2.14. The lowest BCUT2D eigenvalue weighted by Gasteiger charge is -2.13. The van der Waals surface area contributed by atoms with E-state index in [0.29, 0.717) is 34.3 Å². The number of amides is 1. The van der Waals surface area contributed by atoms with E-state index in [-0.39, 0.29) is 0 Å². The molecule has 0 saturated heterocycles. The van der Waals surface area contributed by atoms with Crippen molar-refractivity contribution in [2.24, 2.45) is 5.73 Å². The summed E-state index contributed by atoms with van der Waals surface area (Å²) in [5.41, 5.74) is 13.6. The molecular weight excluding hydrogens is 290 g/mol. The predicted molar refractivity (Wildman–Crippen MR) is 84.7 cm³/mol. The van der Waals surface area contributed by atoms with Crippen LogP contribution in [0, 0.1) is 0 Å². The summed E-state index contributed by atoms with van der Waals surface area (Å²) in [4.78, 5) is 11.4. The zero-order valence-electron chi connectivity index (χ0n) is 11.5. The molecule has 0 aliphatic rings. The minimum atomic E-state index is -0.542. The first-order chi connectivity index (χ1) is 10.0. The Bertz CT molecular complexity index is 674. The first-order valence-corrected chi connectivity index (χ1v) is 6.64. The molecule has 0 aliphatic heterocycles. The Morgan fingerprint density at radius 1 is 1.29 bits per heavy atom. The summed E-state index contributed by atoms with van der Waals surface area (Å²) in [6, 6.07) is 10.3. The zero-order valence-corrected chi connectivity index (χ0v) is 12.3. The fourth-order valence-electron chi connectivity index (χ4n) is 2.00. The van der Waals surface area contributed by atoms with Crippen LogP contribution in [0.3, 0.4) is 0 Å². The molecule has 21 heavy (non-hydrogen) atoms. The predicted octanol–water partition coefficient (Wildman–Crippen LogP) is 2.64. The van der Waals surface area contributed by atoms with Gasteiger partial charge in [0.2, 0.25) is 0 Å². The van der Waals surface area contributed by atoms with Crippen LogP contribution in [0.25, 0.3) is 0 Å². The number of primary amides is 1. The molecule has 2 rings (SSSR count). The van der Waals surface area contributed by atoms with Crippen molar-refractivity contribution in [2.75, 3.05) is 18.2 Å². The van der Waals surface area contributed by atoms with E-state index in [2.05, 4.69) is 5.32 Å². The van der Waals surface area contributed by atoms with Crippen LogP contribution in [0.15, 0.2) is 36.4 Å². The van der Waals surface area contributed by atoms with Crippen LogP contribution in [-0.2, 0) is 6.54 Å². The van der Waals surface area contributed by atoms with Crippen molar-refractivity contribution in [2.45, 2.75) is 6.54 Å². The summed E-state index contributed by atoms with van der Waals surface area (Å²) in [6.07, 6.45) is 0. The van der Waals surface area contributed by atoms with E-state index in [1.165, 1.54) is 6.07 Å². The van der Waals surface area contributed by atoms with Crippen LogP contribution in [0.4, 0.5) is 11.4 Å². The Morgan fingerprint density at radius 3 is 2.71 bits per heavy atom.